The Morgan fingerprint density at radius 3 is 2.48 bits per heavy atom. The molecule has 0 aromatic heterocycles. The van der Waals surface area contributed by atoms with E-state index in [1.807, 2.05) is 23.1 Å². The van der Waals surface area contributed by atoms with Gasteiger partial charge >= 0.3 is 0 Å². The van der Waals surface area contributed by atoms with Crippen LogP contribution >= 0.6 is 0 Å². The SMILES string of the molecule is O=C(c1ccc2c(c1)NCCN2)N1C2CCC1CC(O)C2. The summed E-state index contributed by atoms with van der Waals surface area (Å²) in [6, 6.07) is 6.27. The first kappa shape index (κ1) is 13.0. The van der Waals surface area contributed by atoms with Gasteiger partial charge in [0.25, 0.3) is 5.91 Å². The molecule has 1 aromatic rings. The lowest BCUT2D eigenvalue weighted by Gasteiger charge is -2.37. The van der Waals surface area contributed by atoms with Crippen LogP contribution in [0.5, 0.6) is 0 Å². The Morgan fingerprint density at radius 2 is 1.76 bits per heavy atom. The van der Waals surface area contributed by atoms with E-state index in [2.05, 4.69) is 10.6 Å². The van der Waals surface area contributed by atoms with Crippen molar-refractivity contribution in [2.24, 2.45) is 0 Å². The number of carbonyl (C=O) groups is 1. The fourth-order valence-corrected chi connectivity index (χ4v) is 4.00. The maximum Gasteiger partial charge on any atom is 0.254 e. The Hall–Kier alpha value is -1.75. The molecule has 1 aromatic carbocycles. The van der Waals surface area contributed by atoms with Crippen molar-refractivity contribution in [2.75, 3.05) is 23.7 Å². The molecule has 4 rings (SSSR count). The fraction of sp³-hybridized carbons (Fsp3) is 0.562. The van der Waals surface area contributed by atoms with E-state index in [1.54, 1.807) is 0 Å². The number of rotatable bonds is 1. The molecule has 5 nitrogen and oxygen atoms in total. The number of piperidine rings is 1. The van der Waals surface area contributed by atoms with Crippen molar-refractivity contribution in [2.45, 2.75) is 43.9 Å². The minimum absolute atomic E-state index is 0.115. The first-order valence-corrected chi connectivity index (χ1v) is 7.85. The topological polar surface area (TPSA) is 64.6 Å². The molecule has 0 saturated carbocycles. The molecule has 3 aliphatic heterocycles. The predicted octanol–water partition coefficient (Wildman–Crippen LogP) is 1.65. The average molecular weight is 287 g/mol. The lowest BCUT2D eigenvalue weighted by atomic mass is 9.98. The van der Waals surface area contributed by atoms with Gasteiger partial charge in [-0.3, -0.25) is 4.79 Å². The highest BCUT2D eigenvalue weighted by molar-refractivity contribution is 5.97. The van der Waals surface area contributed by atoms with Crippen LogP contribution < -0.4 is 10.6 Å². The van der Waals surface area contributed by atoms with Crippen LogP contribution in [-0.2, 0) is 0 Å². The largest absolute Gasteiger partial charge is 0.393 e. The van der Waals surface area contributed by atoms with Crippen molar-refractivity contribution in [1.82, 2.24) is 4.90 Å². The maximum absolute atomic E-state index is 12.8. The second-order valence-corrected chi connectivity index (χ2v) is 6.34. The number of hydrogen-bond acceptors (Lipinski definition) is 4. The first-order valence-electron chi connectivity index (χ1n) is 7.85. The highest BCUT2D eigenvalue weighted by Crippen LogP contribution is 2.37. The first-order chi connectivity index (χ1) is 10.2. The molecule has 112 valence electrons. The number of nitrogens with zero attached hydrogens (tertiary/aromatic N) is 1. The van der Waals surface area contributed by atoms with E-state index in [-0.39, 0.29) is 24.1 Å². The molecular formula is C16H21N3O2. The number of amides is 1. The number of fused-ring (bicyclic) bond motifs is 3. The van der Waals surface area contributed by atoms with Crippen LogP contribution in [0, 0.1) is 0 Å². The summed E-state index contributed by atoms with van der Waals surface area (Å²) in [5.41, 5.74) is 2.82. The van der Waals surface area contributed by atoms with Gasteiger partial charge in [0.2, 0.25) is 0 Å². The molecule has 2 unspecified atom stereocenters. The quantitative estimate of drug-likeness (QED) is 0.735. The fourth-order valence-electron chi connectivity index (χ4n) is 4.00. The number of aliphatic hydroxyl groups is 1. The van der Waals surface area contributed by atoms with Gasteiger partial charge < -0.3 is 20.6 Å². The third-order valence-electron chi connectivity index (χ3n) is 4.97. The van der Waals surface area contributed by atoms with Gasteiger partial charge in [0.15, 0.2) is 0 Å². The van der Waals surface area contributed by atoms with Gasteiger partial charge in [-0.1, -0.05) is 0 Å². The zero-order valence-corrected chi connectivity index (χ0v) is 12.0. The smallest absolute Gasteiger partial charge is 0.254 e. The molecule has 2 bridgehead atoms. The lowest BCUT2D eigenvalue weighted by Crippen LogP contribution is -2.48. The molecular weight excluding hydrogens is 266 g/mol. The molecule has 3 heterocycles. The highest BCUT2D eigenvalue weighted by Gasteiger charge is 2.42. The number of aliphatic hydroxyl groups excluding tert-OH is 1. The normalized spacial score (nSPS) is 30.3. The molecule has 21 heavy (non-hydrogen) atoms. The van der Waals surface area contributed by atoms with E-state index in [0.29, 0.717) is 0 Å². The van der Waals surface area contributed by atoms with Crippen molar-refractivity contribution in [3.63, 3.8) is 0 Å². The van der Waals surface area contributed by atoms with Crippen LogP contribution in [0.2, 0.25) is 0 Å². The van der Waals surface area contributed by atoms with Gasteiger partial charge in [-0.2, -0.15) is 0 Å². The Labute approximate surface area is 124 Å². The molecule has 2 atom stereocenters. The van der Waals surface area contributed by atoms with Gasteiger partial charge in [-0.05, 0) is 43.9 Å². The number of anilines is 2. The lowest BCUT2D eigenvalue weighted by molar-refractivity contribution is 0.0287. The minimum atomic E-state index is -0.235. The third-order valence-corrected chi connectivity index (χ3v) is 4.97. The van der Waals surface area contributed by atoms with Crippen LogP contribution in [0.25, 0.3) is 0 Å². The van der Waals surface area contributed by atoms with Crippen LogP contribution in [0.1, 0.15) is 36.0 Å². The Balaban J connectivity index is 1.60. The van der Waals surface area contributed by atoms with Crippen LogP contribution in [0.4, 0.5) is 11.4 Å². The van der Waals surface area contributed by atoms with E-state index >= 15 is 0 Å². The summed E-state index contributed by atoms with van der Waals surface area (Å²) in [5.74, 6) is 0.115. The maximum atomic E-state index is 12.8. The van der Waals surface area contributed by atoms with Crippen molar-refractivity contribution >= 4 is 17.3 Å². The summed E-state index contributed by atoms with van der Waals surface area (Å²) in [6.07, 6.45) is 3.28. The zero-order valence-electron chi connectivity index (χ0n) is 12.0. The molecule has 2 fully saturated rings. The van der Waals surface area contributed by atoms with Gasteiger partial charge in [0.05, 0.1) is 17.5 Å². The summed E-state index contributed by atoms with van der Waals surface area (Å²) in [5, 5.41) is 16.5. The summed E-state index contributed by atoms with van der Waals surface area (Å²) >= 11 is 0. The Kier molecular flexibility index (Phi) is 3.03. The number of carbonyl (C=O) groups excluding carboxylic acids is 1. The molecule has 0 aliphatic carbocycles. The summed E-state index contributed by atoms with van der Waals surface area (Å²) < 4.78 is 0. The van der Waals surface area contributed by atoms with Crippen molar-refractivity contribution in [3.05, 3.63) is 23.8 Å². The molecule has 5 heteroatoms. The molecule has 2 saturated heterocycles. The summed E-state index contributed by atoms with van der Waals surface area (Å²) in [7, 11) is 0. The van der Waals surface area contributed by atoms with Gasteiger partial charge in [0, 0.05) is 30.7 Å². The van der Waals surface area contributed by atoms with E-state index in [9.17, 15) is 9.90 Å². The van der Waals surface area contributed by atoms with Gasteiger partial charge in [-0.15, -0.1) is 0 Å². The predicted molar refractivity (Wildman–Crippen MR) is 81.6 cm³/mol. The van der Waals surface area contributed by atoms with Gasteiger partial charge in [0.1, 0.15) is 0 Å². The van der Waals surface area contributed by atoms with Crippen molar-refractivity contribution in [1.29, 1.82) is 0 Å². The van der Waals surface area contributed by atoms with E-state index in [1.165, 1.54) is 0 Å². The highest BCUT2D eigenvalue weighted by atomic mass is 16.3. The summed E-state index contributed by atoms with van der Waals surface area (Å²) in [6.45, 7) is 1.79. The molecule has 1 amide bonds. The van der Waals surface area contributed by atoms with E-state index < -0.39 is 0 Å². The Morgan fingerprint density at radius 1 is 1.10 bits per heavy atom. The van der Waals surface area contributed by atoms with Crippen LogP contribution in [0.3, 0.4) is 0 Å². The average Bonchev–Trinajstić information content (AvgIpc) is 2.78. The Bertz CT molecular complexity index is 561. The van der Waals surface area contributed by atoms with Crippen molar-refractivity contribution < 1.29 is 9.90 Å². The second-order valence-electron chi connectivity index (χ2n) is 6.34. The standard InChI is InChI=1S/C16H21N3O2/c20-13-8-11-2-3-12(9-13)19(11)16(21)10-1-4-14-15(7-10)18-6-5-17-14/h1,4,7,11-13,17-18,20H,2-3,5-6,8-9H2. The van der Waals surface area contributed by atoms with Gasteiger partial charge in [-0.25, -0.2) is 0 Å². The molecule has 0 spiro atoms. The minimum Gasteiger partial charge on any atom is -0.393 e. The monoisotopic (exact) mass is 287 g/mol. The second kappa shape index (κ2) is 4.91. The zero-order chi connectivity index (χ0) is 14.4. The van der Waals surface area contributed by atoms with E-state index in [4.69, 9.17) is 0 Å². The molecule has 3 N–H and O–H groups in total. The number of hydrogen-bond donors (Lipinski definition) is 3. The molecule has 0 radical (unpaired) electrons. The van der Waals surface area contributed by atoms with Crippen LogP contribution in [0.15, 0.2) is 18.2 Å². The van der Waals surface area contributed by atoms with Crippen molar-refractivity contribution in [3.8, 4) is 0 Å². The number of benzene rings is 1. The number of nitrogens with one attached hydrogen (secondary N) is 2. The van der Waals surface area contributed by atoms with E-state index in [0.717, 1.165) is 55.7 Å². The third kappa shape index (κ3) is 2.16. The summed E-state index contributed by atoms with van der Waals surface area (Å²) in [4.78, 5) is 14.9. The van der Waals surface area contributed by atoms with Crippen LogP contribution in [-0.4, -0.2) is 47.2 Å². The molecule has 3 aliphatic rings.